The van der Waals surface area contributed by atoms with Crippen LogP contribution in [0, 0.1) is 0 Å². The summed E-state index contributed by atoms with van der Waals surface area (Å²) in [6.07, 6.45) is -0.337. The smallest absolute Gasteiger partial charge is 0.411 e. The van der Waals surface area contributed by atoms with Crippen molar-refractivity contribution in [2.75, 3.05) is 26.7 Å². The second-order valence-corrected chi connectivity index (χ2v) is 8.53. The number of carbonyl (C=O) groups is 2. The number of hydrogen-bond donors (Lipinski definition) is 1. The molecule has 5 rings (SSSR count). The van der Waals surface area contributed by atoms with Gasteiger partial charge in [0.15, 0.2) is 5.60 Å². The Hall–Kier alpha value is -3.64. The Kier molecular flexibility index (Phi) is 5.60. The topological polar surface area (TPSA) is 61.9 Å². The van der Waals surface area contributed by atoms with Crippen LogP contribution in [0.4, 0.5) is 4.79 Å². The highest BCUT2D eigenvalue weighted by Gasteiger charge is 2.58. The van der Waals surface area contributed by atoms with Crippen LogP contribution < -0.4 is 5.32 Å². The average molecular weight is 442 g/mol. The minimum atomic E-state index is -0.980. The summed E-state index contributed by atoms with van der Waals surface area (Å²) in [7, 11) is 1.89. The molecule has 1 unspecified atom stereocenters. The summed E-state index contributed by atoms with van der Waals surface area (Å²) in [6.45, 7) is 2.00. The van der Waals surface area contributed by atoms with Gasteiger partial charge in [-0.1, -0.05) is 72.8 Å². The third kappa shape index (κ3) is 3.66. The number of ether oxygens (including phenoxy) is 1. The van der Waals surface area contributed by atoms with Crippen LogP contribution in [0.3, 0.4) is 0 Å². The van der Waals surface area contributed by atoms with Crippen LogP contribution in [-0.4, -0.2) is 54.5 Å². The van der Waals surface area contributed by atoms with E-state index in [0.717, 1.165) is 16.7 Å². The second-order valence-electron chi connectivity index (χ2n) is 8.53. The first-order valence-corrected chi connectivity index (χ1v) is 11.3. The van der Waals surface area contributed by atoms with E-state index >= 15 is 0 Å². The van der Waals surface area contributed by atoms with Crippen molar-refractivity contribution in [2.45, 2.75) is 18.2 Å². The molecule has 2 heterocycles. The molecule has 6 nitrogen and oxygen atoms in total. The van der Waals surface area contributed by atoms with Crippen LogP contribution in [0.25, 0.3) is 0 Å². The molecular formula is C27H27N3O3. The fraction of sp³-hybridized carbons (Fsp3) is 0.259. The van der Waals surface area contributed by atoms with Gasteiger partial charge in [0.2, 0.25) is 0 Å². The zero-order chi connectivity index (χ0) is 22.8. The van der Waals surface area contributed by atoms with Crippen molar-refractivity contribution < 1.29 is 14.3 Å². The summed E-state index contributed by atoms with van der Waals surface area (Å²) < 4.78 is 6.19. The van der Waals surface area contributed by atoms with E-state index in [1.165, 1.54) is 0 Å². The monoisotopic (exact) mass is 441 g/mol. The van der Waals surface area contributed by atoms with E-state index in [4.69, 9.17) is 4.74 Å². The van der Waals surface area contributed by atoms with Crippen molar-refractivity contribution in [3.8, 4) is 0 Å². The van der Waals surface area contributed by atoms with Gasteiger partial charge in [0.1, 0.15) is 6.04 Å². The summed E-state index contributed by atoms with van der Waals surface area (Å²) in [6, 6.07) is 27.1. The summed E-state index contributed by atoms with van der Waals surface area (Å²) in [5, 5.41) is 3.13. The summed E-state index contributed by atoms with van der Waals surface area (Å²) in [4.78, 5) is 30.1. The number of carbonyl (C=O) groups excluding carboxylic acids is 2. The van der Waals surface area contributed by atoms with Crippen molar-refractivity contribution >= 4 is 12.0 Å². The molecule has 2 fully saturated rings. The number of fused-ring (bicyclic) bond motifs is 1. The summed E-state index contributed by atoms with van der Waals surface area (Å²) >= 11 is 0. The van der Waals surface area contributed by atoms with Gasteiger partial charge in [0.25, 0.3) is 5.91 Å². The van der Waals surface area contributed by atoms with Crippen LogP contribution in [-0.2, 0) is 16.9 Å². The Balaban J connectivity index is 1.53. The third-order valence-electron chi connectivity index (χ3n) is 6.58. The van der Waals surface area contributed by atoms with Crippen molar-refractivity contribution in [1.29, 1.82) is 0 Å². The Morgan fingerprint density at radius 1 is 0.970 bits per heavy atom. The zero-order valence-electron chi connectivity index (χ0n) is 18.6. The van der Waals surface area contributed by atoms with Gasteiger partial charge in [-0.15, -0.1) is 0 Å². The molecule has 2 aliphatic heterocycles. The molecule has 1 atom stereocenters. The molecule has 0 radical (unpaired) electrons. The molecule has 2 aliphatic rings. The highest BCUT2D eigenvalue weighted by atomic mass is 16.6. The molecule has 0 aliphatic carbocycles. The van der Waals surface area contributed by atoms with E-state index in [9.17, 15) is 9.59 Å². The number of rotatable bonds is 5. The van der Waals surface area contributed by atoms with E-state index < -0.39 is 5.60 Å². The van der Waals surface area contributed by atoms with Crippen molar-refractivity contribution in [1.82, 2.24) is 15.1 Å². The molecule has 6 heteroatoms. The number of cyclic esters (lactones) is 1. The number of piperazine rings is 1. The Bertz CT molecular complexity index is 1110. The fourth-order valence-corrected chi connectivity index (χ4v) is 5.04. The van der Waals surface area contributed by atoms with Crippen molar-refractivity contribution in [3.63, 3.8) is 0 Å². The quantitative estimate of drug-likeness (QED) is 0.657. The SMILES string of the molecule is CNCc1cccc(C(=O)N2CCN3C(=O)OC(c4ccccc4)(c4ccccc4)C3C2)c1. The Labute approximate surface area is 193 Å². The van der Waals surface area contributed by atoms with Gasteiger partial charge < -0.3 is 15.0 Å². The molecule has 2 amide bonds. The number of nitrogens with zero attached hydrogens (tertiary/aromatic N) is 2. The lowest BCUT2D eigenvalue weighted by molar-refractivity contribution is 0.0372. The molecule has 0 saturated carbocycles. The van der Waals surface area contributed by atoms with Gasteiger partial charge in [-0.2, -0.15) is 0 Å². The van der Waals surface area contributed by atoms with E-state index in [1.807, 2.05) is 96.9 Å². The maximum Gasteiger partial charge on any atom is 0.411 e. The minimum absolute atomic E-state index is 0.0259. The van der Waals surface area contributed by atoms with Gasteiger partial charge in [0, 0.05) is 42.9 Å². The van der Waals surface area contributed by atoms with Crippen molar-refractivity contribution in [3.05, 3.63) is 107 Å². The third-order valence-corrected chi connectivity index (χ3v) is 6.58. The van der Waals surface area contributed by atoms with Gasteiger partial charge in [-0.3, -0.25) is 9.69 Å². The largest absolute Gasteiger partial charge is 0.431 e. The van der Waals surface area contributed by atoms with E-state index in [1.54, 1.807) is 4.90 Å². The molecule has 3 aromatic carbocycles. The van der Waals surface area contributed by atoms with Gasteiger partial charge in [-0.05, 0) is 24.7 Å². The fourth-order valence-electron chi connectivity index (χ4n) is 5.04. The predicted molar refractivity (Wildman–Crippen MR) is 126 cm³/mol. The first kappa shape index (κ1) is 21.2. The molecule has 0 spiro atoms. The van der Waals surface area contributed by atoms with E-state index in [0.29, 0.717) is 31.7 Å². The van der Waals surface area contributed by atoms with Gasteiger partial charge in [0.05, 0.1) is 0 Å². The maximum absolute atomic E-state index is 13.5. The molecule has 2 saturated heterocycles. The first-order chi connectivity index (χ1) is 16.1. The van der Waals surface area contributed by atoms with Crippen LogP contribution in [0.5, 0.6) is 0 Å². The molecule has 0 bridgehead atoms. The van der Waals surface area contributed by atoms with Crippen molar-refractivity contribution in [2.24, 2.45) is 0 Å². The molecule has 168 valence electrons. The second kappa shape index (κ2) is 8.71. The zero-order valence-corrected chi connectivity index (χ0v) is 18.6. The predicted octanol–water partition coefficient (Wildman–Crippen LogP) is 3.63. The maximum atomic E-state index is 13.5. The van der Waals surface area contributed by atoms with Crippen LogP contribution in [0.2, 0.25) is 0 Å². The lowest BCUT2D eigenvalue weighted by atomic mass is 9.79. The molecule has 1 N–H and O–H groups in total. The highest BCUT2D eigenvalue weighted by Crippen LogP contribution is 2.45. The van der Waals surface area contributed by atoms with Crippen LogP contribution >= 0.6 is 0 Å². The molecule has 3 aromatic rings. The molecular weight excluding hydrogens is 414 g/mol. The van der Waals surface area contributed by atoms with Gasteiger partial charge >= 0.3 is 6.09 Å². The average Bonchev–Trinajstić information content (AvgIpc) is 3.18. The minimum Gasteiger partial charge on any atom is -0.431 e. The lowest BCUT2D eigenvalue weighted by Crippen LogP contribution is -2.58. The van der Waals surface area contributed by atoms with Crippen LogP contribution in [0.1, 0.15) is 27.0 Å². The van der Waals surface area contributed by atoms with E-state index in [-0.39, 0.29) is 18.0 Å². The number of amides is 2. The lowest BCUT2D eigenvalue weighted by Gasteiger charge is -2.42. The number of nitrogens with one attached hydrogen (secondary N) is 1. The molecule has 0 aromatic heterocycles. The first-order valence-electron chi connectivity index (χ1n) is 11.3. The number of hydrogen-bond acceptors (Lipinski definition) is 4. The highest BCUT2D eigenvalue weighted by molar-refractivity contribution is 5.94. The van der Waals surface area contributed by atoms with Crippen LogP contribution in [0.15, 0.2) is 84.9 Å². The Morgan fingerprint density at radius 2 is 1.64 bits per heavy atom. The number of benzene rings is 3. The summed E-state index contributed by atoms with van der Waals surface area (Å²) in [5.74, 6) is -0.0259. The standard InChI is InChI=1S/C27H27N3O3/c1-28-18-20-9-8-10-21(17-20)25(31)29-15-16-30-24(19-29)27(33-26(30)32,22-11-4-2-5-12-22)23-13-6-3-7-14-23/h2-14,17,24,28H,15-16,18-19H2,1H3. The normalized spacial score (nSPS) is 19.2. The molecule has 33 heavy (non-hydrogen) atoms. The Morgan fingerprint density at radius 3 is 2.27 bits per heavy atom. The summed E-state index contributed by atoms with van der Waals surface area (Å²) in [5.41, 5.74) is 2.55. The van der Waals surface area contributed by atoms with E-state index in [2.05, 4.69) is 5.32 Å². The van der Waals surface area contributed by atoms with Gasteiger partial charge in [-0.25, -0.2) is 4.79 Å².